The van der Waals surface area contributed by atoms with Gasteiger partial charge in [-0.1, -0.05) is 0 Å². The van der Waals surface area contributed by atoms with Crippen LogP contribution in [-0.2, 0) is 14.6 Å². The number of amides is 1. The molecule has 0 aliphatic carbocycles. The average Bonchev–Trinajstić information content (AvgIpc) is 2.91. The van der Waals surface area contributed by atoms with Gasteiger partial charge in [-0.2, -0.15) is 0 Å². The summed E-state index contributed by atoms with van der Waals surface area (Å²) in [5.41, 5.74) is 0. The van der Waals surface area contributed by atoms with Gasteiger partial charge < -0.3 is 19.7 Å². The fourth-order valence-electron chi connectivity index (χ4n) is 3.27. The fraction of sp³-hybridized carbons (Fsp3) is 0.611. The second kappa shape index (κ2) is 9.61. The molecule has 1 unspecified atom stereocenters. The third-order valence-electron chi connectivity index (χ3n) is 4.85. The average molecular weight is 419 g/mol. The molecule has 0 radical (unpaired) electrons. The van der Waals surface area contributed by atoms with Gasteiger partial charge in [0.15, 0.2) is 21.3 Å². The standard InChI is InChI=1S/C18H26N2O5S.ClH/c1-19-14-4-2-8-20(13-14)18(21)7-11-26(22,23)15-5-6-16-17(12-15)25-10-3-9-24-16;/h5-6,12,14,19H,2-4,7-11,13H2,1H3;1H. The van der Waals surface area contributed by atoms with Gasteiger partial charge in [0.05, 0.1) is 23.9 Å². The number of hydrogen-bond donors (Lipinski definition) is 1. The summed E-state index contributed by atoms with van der Waals surface area (Å²) in [5, 5.41) is 3.18. The first-order valence-corrected chi connectivity index (χ1v) is 10.7. The zero-order valence-corrected chi connectivity index (χ0v) is 17.1. The molecule has 1 amide bonds. The van der Waals surface area contributed by atoms with Crippen molar-refractivity contribution in [3.8, 4) is 11.5 Å². The van der Waals surface area contributed by atoms with Crippen LogP contribution in [0.4, 0.5) is 0 Å². The number of likely N-dealkylation sites (N-methyl/N-ethyl adjacent to an activating group) is 1. The van der Waals surface area contributed by atoms with Crippen molar-refractivity contribution in [3.63, 3.8) is 0 Å². The molecule has 0 bridgehead atoms. The van der Waals surface area contributed by atoms with Gasteiger partial charge in [0.25, 0.3) is 0 Å². The Kier molecular flexibility index (Phi) is 7.76. The first-order valence-electron chi connectivity index (χ1n) is 9.07. The fourth-order valence-corrected chi connectivity index (χ4v) is 4.52. The number of nitrogens with zero attached hydrogens (tertiary/aromatic N) is 1. The summed E-state index contributed by atoms with van der Waals surface area (Å²) in [6.45, 7) is 2.38. The number of carbonyl (C=O) groups is 1. The predicted molar refractivity (Wildman–Crippen MR) is 105 cm³/mol. The Labute approximate surface area is 166 Å². The van der Waals surface area contributed by atoms with Gasteiger partial charge >= 0.3 is 0 Å². The van der Waals surface area contributed by atoms with E-state index < -0.39 is 9.84 Å². The molecule has 2 aliphatic rings. The number of ether oxygens (including phenoxy) is 2. The van der Waals surface area contributed by atoms with Crippen molar-refractivity contribution in [1.29, 1.82) is 0 Å². The largest absolute Gasteiger partial charge is 0.490 e. The molecule has 0 spiro atoms. The third-order valence-corrected chi connectivity index (χ3v) is 6.56. The third kappa shape index (κ3) is 5.49. The van der Waals surface area contributed by atoms with Crippen LogP contribution < -0.4 is 14.8 Å². The van der Waals surface area contributed by atoms with Gasteiger partial charge in [0, 0.05) is 38.0 Å². The Morgan fingerprint density at radius 1 is 1.22 bits per heavy atom. The van der Waals surface area contributed by atoms with Gasteiger partial charge in [0.1, 0.15) is 0 Å². The van der Waals surface area contributed by atoms with Crippen molar-refractivity contribution >= 4 is 28.2 Å². The smallest absolute Gasteiger partial charge is 0.223 e. The van der Waals surface area contributed by atoms with E-state index in [9.17, 15) is 13.2 Å². The summed E-state index contributed by atoms with van der Waals surface area (Å²) in [7, 11) is -1.68. The molecule has 7 nitrogen and oxygen atoms in total. The highest BCUT2D eigenvalue weighted by Gasteiger charge is 2.25. The molecule has 27 heavy (non-hydrogen) atoms. The van der Waals surface area contributed by atoms with Crippen molar-refractivity contribution < 1.29 is 22.7 Å². The molecule has 2 heterocycles. The Morgan fingerprint density at radius 3 is 2.70 bits per heavy atom. The quantitative estimate of drug-likeness (QED) is 0.782. The van der Waals surface area contributed by atoms with Crippen molar-refractivity contribution in [3.05, 3.63) is 18.2 Å². The number of sulfone groups is 1. The van der Waals surface area contributed by atoms with Crippen LogP contribution in [0.2, 0.25) is 0 Å². The van der Waals surface area contributed by atoms with Crippen LogP contribution in [0.15, 0.2) is 23.1 Å². The van der Waals surface area contributed by atoms with Crippen LogP contribution in [0.5, 0.6) is 11.5 Å². The molecule has 1 N–H and O–H groups in total. The van der Waals surface area contributed by atoms with Crippen molar-refractivity contribution in [2.24, 2.45) is 0 Å². The number of benzene rings is 1. The molecule has 0 saturated carbocycles. The molecule has 3 rings (SSSR count). The number of carbonyl (C=O) groups excluding carboxylic acids is 1. The maximum atomic E-state index is 12.6. The van der Waals surface area contributed by atoms with Gasteiger partial charge in [-0.25, -0.2) is 8.42 Å². The lowest BCUT2D eigenvalue weighted by atomic mass is 10.1. The van der Waals surface area contributed by atoms with E-state index in [-0.39, 0.29) is 41.4 Å². The first kappa shape index (κ1) is 21.8. The Morgan fingerprint density at radius 2 is 1.96 bits per heavy atom. The van der Waals surface area contributed by atoms with Crippen LogP contribution in [0, 0.1) is 0 Å². The monoisotopic (exact) mass is 418 g/mol. The Hall–Kier alpha value is -1.51. The lowest BCUT2D eigenvalue weighted by Gasteiger charge is -2.32. The van der Waals surface area contributed by atoms with Crippen LogP contribution in [0.1, 0.15) is 25.7 Å². The number of hydrogen-bond acceptors (Lipinski definition) is 6. The van der Waals surface area contributed by atoms with Crippen LogP contribution in [0.25, 0.3) is 0 Å². The van der Waals surface area contributed by atoms with E-state index in [4.69, 9.17) is 9.47 Å². The van der Waals surface area contributed by atoms with E-state index in [1.54, 1.807) is 11.0 Å². The van der Waals surface area contributed by atoms with Gasteiger partial charge in [-0.05, 0) is 32.0 Å². The highest BCUT2D eigenvalue weighted by molar-refractivity contribution is 7.91. The zero-order valence-electron chi connectivity index (χ0n) is 15.5. The van der Waals surface area contributed by atoms with E-state index in [1.807, 2.05) is 7.05 Å². The normalized spacial score (nSPS) is 19.7. The van der Waals surface area contributed by atoms with Gasteiger partial charge in [-0.15, -0.1) is 12.4 Å². The molecule has 1 fully saturated rings. The minimum absolute atomic E-state index is 0. The summed E-state index contributed by atoms with van der Waals surface area (Å²) in [6, 6.07) is 4.92. The SMILES string of the molecule is CNC1CCCN(C(=O)CCS(=O)(=O)c2ccc3c(c2)OCCCO3)C1.Cl. The maximum Gasteiger partial charge on any atom is 0.223 e. The Balaban J connectivity index is 0.00000261. The number of nitrogens with one attached hydrogen (secondary N) is 1. The van der Waals surface area contributed by atoms with Crippen LogP contribution >= 0.6 is 12.4 Å². The van der Waals surface area contributed by atoms with E-state index >= 15 is 0 Å². The zero-order chi connectivity index (χ0) is 18.6. The summed E-state index contributed by atoms with van der Waals surface area (Å²) >= 11 is 0. The summed E-state index contributed by atoms with van der Waals surface area (Å²) < 4.78 is 36.3. The van der Waals surface area contributed by atoms with Gasteiger partial charge in [-0.3, -0.25) is 4.79 Å². The second-order valence-electron chi connectivity index (χ2n) is 6.70. The summed E-state index contributed by atoms with van der Waals surface area (Å²) in [4.78, 5) is 14.3. The second-order valence-corrected chi connectivity index (χ2v) is 8.80. The predicted octanol–water partition coefficient (Wildman–Crippen LogP) is 1.64. The minimum atomic E-state index is -3.56. The molecule has 0 aromatic heterocycles. The van der Waals surface area contributed by atoms with E-state index in [2.05, 4.69) is 5.32 Å². The van der Waals surface area contributed by atoms with E-state index in [0.717, 1.165) is 19.3 Å². The number of halogens is 1. The Bertz CT molecular complexity index is 756. The molecular weight excluding hydrogens is 392 g/mol. The molecule has 1 aromatic rings. The van der Waals surface area contributed by atoms with Crippen molar-refractivity contribution in [1.82, 2.24) is 10.2 Å². The minimum Gasteiger partial charge on any atom is -0.490 e. The highest BCUT2D eigenvalue weighted by Crippen LogP contribution is 2.32. The molecule has 1 atom stereocenters. The van der Waals surface area contributed by atoms with Gasteiger partial charge in [0.2, 0.25) is 5.91 Å². The maximum absolute atomic E-state index is 12.6. The number of piperidine rings is 1. The lowest BCUT2D eigenvalue weighted by molar-refractivity contribution is -0.132. The highest BCUT2D eigenvalue weighted by atomic mass is 35.5. The number of fused-ring (bicyclic) bond motifs is 1. The van der Waals surface area contributed by atoms with Crippen molar-refractivity contribution in [2.75, 3.05) is 39.1 Å². The molecule has 1 saturated heterocycles. The van der Waals surface area contributed by atoms with E-state index in [1.165, 1.54) is 12.1 Å². The van der Waals surface area contributed by atoms with Crippen LogP contribution in [-0.4, -0.2) is 64.4 Å². The molecule has 2 aliphatic heterocycles. The first-order chi connectivity index (χ1) is 12.5. The topological polar surface area (TPSA) is 84.9 Å². The number of likely N-dealkylation sites (tertiary alicyclic amines) is 1. The van der Waals surface area contributed by atoms with Crippen LogP contribution in [0.3, 0.4) is 0 Å². The molecule has 152 valence electrons. The molecule has 1 aromatic carbocycles. The number of rotatable bonds is 5. The molecular formula is C18H27ClN2O5S. The molecule has 9 heteroatoms. The lowest BCUT2D eigenvalue weighted by Crippen LogP contribution is -2.47. The summed E-state index contributed by atoms with van der Waals surface area (Å²) in [6.07, 6.45) is 2.73. The van der Waals surface area contributed by atoms with E-state index in [0.29, 0.717) is 37.8 Å². The van der Waals surface area contributed by atoms with Crippen molar-refractivity contribution in [2.45, 2.75) is 36.6 Å². The summed E-state index contributed by atoms with van der Waals surface area (Å²) in [5.74, 6) is 0.696.